The Labute approximate surface area is 118 Å². The summed E-state index contributed by atoms with van der Waals surface area (Å²) >= 11 is 0. The molecule has 7 nitrogen and oxygen atoms in total. The Hall–Kier alpha value is -1.67. The van der Waals surface area contributed by atoms with Crippen LogP contribution in [0.25, 0.3) is 0 Å². The van der Waals surface area contributed by atoms with Crippen molar-refractivity contribution in [3.05, 3.63) is 28.3 Å². The van der Waals surface area contributed by atoms with Gasteiger partial charge in [-0.2, -0.15) is 4.31 Å². The van der Waals surface area contributed by atoms with Crippen LogP contribution in [0.3, 0.4) is 0 Å². The van der Waals surface area contributed by atoms with Gasteiger partial charge in [0.05, 0.1) is 4.92 Å². The van der Waals surface area contributed by atoms with E-state index < -0.39 is 20.6 Å². The molecule has 0 radical (unpaired) electrons. The van der Waals surface area contributed by atoms with Crippen molar-refractivity contribution in [2.75, 3.05) is 25.5 Å². The molecule has 0 atom stereocenters. The van der Waals surface area contributed by atoms with Gasteiger partial charge in [0, 0.05) is 20.1 Å². The summed E-state index contributed by atoms with van der Waals surface area (Å²) in [6.07, 6.45) is 0.645. The molecule has 112 valence electrons. The maximum atomic E-state index is 12.5. The molecule has 0 aromatic heterocycles. The number of benzene rings is 1. The molecule has 0 aliphatic rings. The van der Waals surface area contributed by atoms with Crippen molar-refractivity contribution in [1.82, 2.24) is 4.31 Å². The molecule has 0 spiro atoms. The van der Waals surface area contributed by atoms with E-state index in [1.54, 1.807) is 6.92 Å². The molecule has 0 fully saturated rings. The van der Waals surface area contributed by atoms with E-state index in [0.717, 1.165) is 0 Å². The molecule has 0 aliphatic carbocycles. The summed E-state index contributed by atoms with van der Waals surface area (Å²) in [5, 5.41) is 13.9. The number of para-hydroxylation sites is 1. The minimum absolute atomic E-state index is 0.184. The number of hydrogen-bond donors (Lipinski definition) is 1. The van der Waals surface area contributed by atoms with Crippen LogP contribution < -0.4 is 5.32 Å². The van der Waals surface area contributed by atoms with Crippen LogP contribution in [0.2, 0.25) is 0 Å². The van der Waals surface area contributed by atoms with Gasteiger partial charge in [0.25, 0.3) is 0 Å². The van der Waals surface area contributed by atoms with Crippen LogP contribution in [0, 0.1) is 10.1 Å². The number of nitro groups is 1. The first-order valence-electron chi connectivity index (χ1n) is 6.35. The second-order valence-corrected chi connectivity index (χ2v) is 6.06. The molecule has 0 aliphatic heterocycles. The van der Waals surface area contributed by atoms with Crippen molar-refractivity contribution in [1.29, 1.82) is 0 Å². The summed E-state index contributed by atoms with van der Waals surface area (Å²) in [4.78, 5) is 10.3. The molecular formula is C12H19N3O4S. The molecule has 0 heterocycles. The van der Waals surface area contributed by atoms with Gasteiger partial charge in [0.15, 0.2) is 4.90 Å². The van der Waals surface area contributed by atoms with Crippen LogP contribution in [-0.2, 0) is 10.0 Å². The highest BCUT2D eigenvalue weighted by molar-refractivity contribution is 7.89. The smallest absolute Gasteiger partial charge is 0.312 e. The van der Waals surface area contributed by atoms with E-state index in [4.69, 9.17) is 0 Å². The van der Waals surface area contributed by atoms with Gasteiger partial charge in [0.2, 0.25) is 10.0 Å². The van der Waals surface area contributed by atoms with Crippen LogP contribution in [0.5, 0.6) is 0 Å². The summed E-state index contributed by atoms with van der Waals surface area (Å²) in [5.41, 5.74) is -0.229. The Bertz CT molecular complexity index is 586. The van der Waals surface area contributed by atoms with Crippen molar-refractivity contribution in [2.24, 2.45) is 0 Å². The number of nitro benzene ring substituents is 1. The van der Waals surface area contributed by atoms with Crippen molar-refractivity contribution in [2.45, 2.75) is 25.2 Å². The van der Waals surface area contributed by atoms with Crippen LogP contribution in [0.15, 0.2) is 23.1 Å². The van der Waals surface area contributed by atoms with Crippen LogP contribution in [0.4, 0.5) is 11.4 Å². The summed E-state index contributed by atoms with van der Waals surface area (Å²) in [7, 11) is -2.35. The van der Waals surface area contributed by atoms with Gasteiger partial charge in [-0.05, 0) is 18.6 Å². The molecular weight excluding hydrogens is 282 g/mol. The first-order chi connectivity index (χ1) is 9.39. The molecule has 0 amide bonds. The van der Waals surface area contributed by atoms with Crippen molar-refractivity contribution >= 4 is 21.4 Å². The molecule has 0 saturated heterocycles. The topological polar surface area (TPSA) is 92.6 Å². The van der Waals surface area contributed by atoms with E-state index in [0.29, 0.717) is 13.0 Å². The van der Waals surface area contributed by atoms with Crippen LogP contribution in [-0.4, -0.2) is 37.8 Å². The second-order valence-electron chi connectivity index (χ2n) is 4.16. The Kier molecular flexibility index (Phi) is 5.46. The average Bonchev–Trinajstić information content (AvgIpc) is 2.43. The minimum Gasteiger partial charge on any atom is -0.383 e. The molecule has 0 unspecified atom stereocenters. The third-order valence-corrected chi connectivity index (χ3v) is 4.90. The molecule has 1 N–H and O–H groups in total. The fraction of sp³-hybridized carbons (Fsp3) is 0.500. The van der Waals surface area contributed by atoms with Gasteiger partial charge in [0.1, 0.15) is 5.69 Å². The highest BCUT2D eigenvalue weighted by Crippen LogP contribution is 2.33. The lowest BCUT2D eigenvalue weighted by Crippen LogP contribution is -2.32. The lowest BCUT2D eigenvalue weighted by Gasteiger charge is -2.20. The monoisotopic (exact) mass is 301 g/mol. The van der Waals surface area contributed by atoms with Gasteiger partial charge < -0.3 is 5.32 Å². The Morgan fingerprint density at radius 3 is 2.45 bits per heavy atom. The number of anilines is 1. The molecule has 20 heavy (non-hydrogen) atoms. The van der Waals surface area contributed by atoms with E-state index in [1.807, 2.05) is 6.92 Å². The molecule has 1 rings (SSSR count). The van der Waals surface area contributed by atoms with Crippen LogP contribution >= 0.6 is 0 Å². The van der Waals surface area contributed by atoms with Gasteiger partial charge in [-0.1, -0.05) is 19.9 Å². The average molecular weight is 301 g/mol. The van der Waals surface area contributed by atoms with Crippen molar-refractivity contribution in [3.63, 3.8) is 0 Å². The molecule has 1 aromatic rings. The zero-order valence-electron chi connectivity index (χ0n) is 11.8. The Morgan fingerprint density at radius 1 is 1.35 bits per heavy atom. The van der Waals surface area contributed by atoms with E-state index in [1.165, 1.54) is 29.6 Å². The Morgan fingerprint density at radius 2 is 2.00 bits per heavy atom. The van der Waals surface area contributed by atoms with E-state index in [-0.39, 0.29) is 17.1 Å². The third kappa shape index (κ3) is 3.07. The van der Waals surface area contributed by atoms with Gasteiger partial charge in [-0.15, -0.1) is 0 Å². The normalized spacial score (nSPS) is 11.6. The van der Waals surface area contributed by atoms with Crippen molar-refractivity contribution < 1.29 is 13.3 Å². The molecule has 8 heteroatoms. The van der Waals surface area contributed by atoms with Crippen molar-refractivity contribution in [3.8, 4) is 0 Å². The minimum atomic E-state index is -3.87. The number of sulfonamides is 1. The van der Waals surface area contributed by atoms with E-state index in [2.05, 4.69) is 5.32 Å². The summed E-state index contributed by atoms with van der Waals surface area (Å²) in [5.74, 6) is 0. The predicted molar refractivity (Wildman–Crippen MR) is 77.4 cm³/mol. The quantitative estimate of drug-likeness (QED) is 0.614. The fourth-order valence-corrected chi connectivity index (χ4v) is 3.68. The first-order valence-corrected chi connectivity index (χ1v) is 7.79. The molecule has 0 bridgehead atoms. The number of hydrogen-bond acceptors (Lipinski definition) is 5. The standard InChI is InChI=1S/C12H19N3O4S/c1-4-9-14(5-2)20(18,19)11-8-6-7-10(13-3)12(11)15(16)17/h6-8,13H,4-5,9H2,1-3H3. The van der Waals surface area contributed by atoms with E-state index >= 15 is 0 Å². The first kappa shape index (κ1) is 16.4. The molecule has 0 saturated carbocycles. The molecule has 1 aromatic carbocycles. The van der Waals surface area contributed by atoms with Gasteiger partial charge in [-0.25, -0.2) is 8.42 Å². The summed E-state index contributed by atoms with van der Waals surface area (Å²) in [6, 6.07) is 4.24. The fourth-order valence-electron chi connectivity index (χ4n) is 1.96. The zero-order valence-corrected chi connectivity index (χ0v) is 12.6. The van der Waals surface area contributed by atoms with Gasteiger partial charge >= 0.3 is 5.69 Å². The number of nitrogens with one attached hydrogen (secondary N) is 1. The number of nitrogens with zero attached hydrogens (tertiary/aromatic N) is 2. The maximum Gasteiger partial charge on any atom is 0.312 e. The SMILES string of the molecule is CCCN(CC)S(=O)(=O)c1cccc(NC)c1[N+](=O)[O-]. The third-order valence-electron chi connectivity index (χ3n) is 2.89. The predicted octanol–water partition coefficient (Wildman–Crippen LogP) is 2.06. The zero-order chi connectivity index (χ0) is 15.3. The number of rotatable bonds is 7. The largest absolute Gasteiger partial charge is 0.383 e. The highest BCUT2D eigenvalue weighted by Gasteiger charge is 2.32. The summed E-state index contributed by atoms with van der Waals surface area (Å²) in [6.45, 7) is 4.18. The van der Waals surface area contributed by atoms with E-state index in [9.17, 15) is 18.5 Å². The lowest BCUT2D eigenvalue weighted by atomic mass is 10.3. The second kappa shape index (κ2) is 6.67. The van der Waals surface area contributed by atoms with Gasteiger partial charge in [-0.3, -0.25) is 10.1 Å². The Balaban J connectivity index is 3.49. The lowest BCUT2D eigenvalue weighted by molar-refractivity contribution is -0.386. The summed E-state index contributed by atoms with van der Waals surface area (Å²) < 4.78 is 26.3. The highest BCUT2D eigenvalue weighted by atomic mass is 32.2. The maximum absolute atomic E-state index is 12.5. The van der Waals surface area contributed by atoms with Crippen LogP contribution in [0.1, 0.15) is 20.3 Å².